The largest absolute Gasteiger partial charge is 0.490 e. The van der Waals surface area contributed by atoms with Crippen LogP contribution in [0.3, 0.4) is 0 Å². The summed E-state index contributed by atoms with van der Waals surface area (Å²) in [6.07, 6.45) is -0.508. The minimum Gasteiger partial charge on any atom is -0.490 e. The molecule has 0 heterocycles. The highest BCUT2D eigenvalue weighted by atomic mass is 16.5. The Morgan fingerprint density at radius 1 is 1.44 bits per heavy atom. The van der Waals surface area contributed by atoms with Crippen molar-refractivity contribution in [2.75, 3.05) is 6.61 Å². The fraction of sp³-hybridized carbons (Fsp3) is 0.364. The summed E-state index contributed by atoms with van der Waals surface area (Å²) in [5, 5.41) is 11.4. The van der Waals surface area contributed by atoms with Gasteiger partial charge in [0.25, 0.3) is 0 Å². The minimum atomic E-state index is -0.508. The van der Waals surface area contributed by atoms with Crippen molar-refractivity contribution in [3.63, 3.8) is 0 Å². The zero-order valence-corrected chi connectivity index (χ0v) is 9.38. The molecule has 0 bridgehead atoms. The van der Waals surface area contributed by atoms with Gasteiger partial charge in [-0.3, -0.25) is 0 Å². The topological polar surface area (TPSA) is 77.1 Å². The van der Waals surface area contributed by atoms with Gasteiger partial charge in [-0.2, -0.15) is 0 Å². The van der Waals surface area contributed by atoms with Gasteiger partial charge in [-0.25, -0.2) is 0 Å². The van der Waals surface area contributed by atoms with Crippen molar-refractivity contribution < 1.29 is 14.7 Å². The SMILES string of the molecule is CCOc1ccccc1OC(C)C(N)=NO. The number of ether oxygens (including phenoxy) is 2. The average Bonchev–Trinajstić information content (AvgIpc) is 2.31. The minimum absolute atomic E-state index is 0.0197. The zero-order valence-electron chi connectivity index (χ0n) is 9.38. The van der Waals surface area contributed by atoms with Crippen molar-refractivity contribution in [2.45, 2.75) is 20.0 Å². The fourth-order valence-electron chi connectivity index (χ4n) is 1.15. The number of nitrogens with two attached hydrogens (primary N) is 1. The molecule has 5 heteroatoms. The van der Waals surface area contributed by atoms with E-state index in [1.54, 1.807) is 19.1 Å². The van der Waals surface area contributed by atoms with E-state index in [0.29, 0.717) is 18.1 Å². The van der Waals surface area contributed by atoms with Crippen LogP contribution in [0.25, 0.3) is 0 Å². The van der Waals surface area contributed by atoms with Crippen LogP contribution in [0, 0.1) is 0 Å². The number of rotatable bonds is 5. The normalized spacial score (nSPS) is 13.2. The molecule has 0 radical (unpaired) electrons. The number of hydrogen-bond donors (Lipinski definition) is 2. The highest BCUT2D eigenvalue weighted by Crippen LogP contribution is 2.27. The second-order valence-electron chi connectivity index (χ2n) is 3.16. The standard InChI is InChI=1S/C11H16N2O3/c1-3-15-9-6-4-5-7-10(9)16-8(2)11(12)13-14/h4-8,14H,3H2,1-2H3,(H2,12,13). The fourth-order valence-corrected chi connectivity index (χ4v) is 1.15. The molecule has 0 aromatic heterocycles. The lowest BCUT2D eigenvalue weighted by Gasteiger charge is -2.15. The Morgan fingerprint density at radius 2 is 2.06 bits per heavy atom. The highest BCUT2D eigenvalue weighted by Gasteiger charge is 2.12. The lowest BCUT2D eigenvalue weighted by Crippen LogP contribution is -2.31. The molecule has 0 saturated carbocycles. The summed E-state index contributed by atoms with van der Waals surface area (Å²) in [7, 11) is 0. The maximum atomic E-state index is 8.51. The molecule has 1 unspecified atom stereocenters. The van der Waals surface area contributed by atoms with E-state index in [1.165, 1.54) is 0 Å². The van der Waals surface area contributed by atoms with Crippen molar-refractivity contribution in [1.29, 1.82) is 0 Å². The molecule has 0 aliphatic carbocycles. The van der Waals surface area contributed by atoms with Gasteiger partial charge in [-0.05, 0) is 26.0 Å². The molecular formula is C11H16N2O3. The molecule has 0 aliphatic heterocycles. The number of benzene rings is 1. The van der Waals surface area contributed by atoms with Crippen molar-refractivity contribution in [2.24, 2.45) is 10.9 Å². The summed E-state index contributed by atoms with van der Waals surface area (Å²) in [6, 6.07) is 7.26. The molecule has 0 amide bonds. The number of hydrogen-bond acceptors (Lipinski definition) is 4. The smallest absolute Gasteiger partial charge is 0.180 e. The monoisotopic (exact) mass is 224 g/mol. The zero-order chi connectivity index (χ0) is 12.0. The Labute approximate surface area is 94.5 Å². The van der Waals surface area contributed by atoms with Gasteiger partial charge in [-0.1, -0.05) is 17.3 Å². The van der Waals surface area contributed by atoms with Gasteiger partial charge in [0.1, 0.15) is 0 Å². The molecule has 16 heavy (non-hydrogen) atoms. The number of para-hydroxylation sites is 2. The van der Waals surface area contributed by atoms with E-state index in [2.05, 4.69) is 5.16 Å². The number of oxime groups is 1. The van der Waals surface area contributed by atoms with Crippen LogP contribution >= 0.6 is 0 Å². The van der Waals surface area contributed by atoms with Crippen molar-refractivity contribution in [3.05, 3.63) is 24.3 Å². The lowest BCUT2D eigenvalue weighted by molar-refractivity contribution is 0.246. The van der Waals surface area contributed by atoms with Crippen LogP contribution in [0.15, 0.2) is 29.4 Å². The summed E-state index contributed by atoms with van der Waals surface area (Å²) in [6.45, 7) is 4.14. The Morgan fingerprint density at radius 3 is 2.62 bits per heavy atom. The van der Waals surface area contributed by atoms with Gasteiger partial charge >= 0.3 is 0 Å². The first-order valence-corrected chi connectivity index (χ1v) is 5.05. The summed E-state index contributed by atoms with van der Waals surface area (Å²) < 4.78 is 10.9. The molecule has 1 aromatic carbocycles. The number of amidine groups is 1. The third-order valence-electron chi connectivity index (χ3n) is 1.98. The van der Waals surface area contributed by atoms with E-state index in [-0.39, 0.29) is 5.84 Å². The first-order valence-electron chi connectivity index (χ1n) is 5.05. The van der Waals surface area contributed by atoms with Crippen LogP contribution in [0.5, 0.6) is 11.5 Å². The predicted molar refractivity (Wildman–Crippen MR) is 61.1 cm³/mol. The molecule has 1 aromatic rings. The molecule has 0 saturated heterocycles. The number of nitrogens with zero attached hydrogens (tertiary/aromatic N) is 1. The Kier molecular flexibility index (Phi) is 4.44. The molecule has 1 atom stereocenters. The van der Waals surface area contributed by atoms with E-state index in [4.69, 9.17) is 20.4 Å². The van der Waals surface area contributed by atoms with Gasteiger partial charge in [0.15, 0.2) is 23.4 Å². The Balaban J connectivity index is 2.80. The van der Waals surface area contributed by atoms with E-state index < -0.39 is 6.10 Å². The van der Waals surface area contributed by atoms with E-state index in [0.717, 1.165) is 0 Å². The molecule has 3 N–H and O–H groups in total. The third-order valence-corrected chi connectivity index (χ3v) is 1.98. The molecular weight excluding hydrogens is 208 g/mol. The van der Waals surface area contributed by atoms with Crippen molar-refractivity contribution in [1.82, 2.24) is 0 Å². The second-order valence-corrected chi connectivity index (χ2v) is 3.16. The van der Waals surface area contributed by atoms with E-state index >= 15 is 0 Å². The van der Waals surface area contributed by atoms with Gasteiger partial charge < -0.3 is 20.4 Å². The van der Waals surface area contributed by atoms with Crippen LogP contribution in [0.4, 0.5) is 0 Å². The maximum absolute atomic E-state index is 8.51. The van der Waals surface area contributed by atoms with Crippen molar-refractivity contribution in [3.8, 4) is 11.5 Å². The summed E-state index contributed by atoms with van der Waals surface area (Å²) in [4.78, 5) is 0. The van der Waals surface area contributed by atoms with Crippen LogP contribution in [-0.4, -0.2) is 23.8 Å². The third kappa shape index (κ3) is 3.05. The van der Waals surface area contributed by atoms with Gasteiger partial charge in [-0.15, -0.1) is 0 Å². The Hall–Kier alpha value is -1.91. The summed E-state index contributed by atoms with van der Waals surface area (Å²) >= 11 is 0. The second kappa shape index (κ2) is 5.85. The van der Waals surface area contributed by atoms with E-state index in [9.17, 15) is 0 Å². The maximum Gasteiger partial charge on any atom is 0.180 e. The van der Waals surface area contributed by atoms with Crippen molar-refractivity contribution >= 4 is 5.84 Å². The van der Waals surface area contributed by atoms with Gasteiger partial charge in [0.05, 0.1) is 6.61 Å². The molecule has 0 spiro atoms. The van der Waals surface area contributed by atoms with Crippen LogP contribution in [0.1, 0.15) is 13.8 Å². The summed E-state index contributed by atoms with van der Waals surface area (Å²) in [5.41, 5.74) is 5.42. The van der Waals surface area contributed by atoms with Crippen LogP contribution < -0.4 is 15.2 Å². The molecule has 1 rings (SSSR count). The highest BCUT2D eigenvalue weighted by molar-refractivity contribution is 5.84. The quantitative estimate of drug-likeness (QED) is 0.344. The van der Waals surface area contributed by atoms with E-state index in [1.807, 2.05) is 19.1 Å². The predicted octanol–water partition coefficient (Wildman–Crippen LogP) is 1.60. The van der Waals surface area contributed by atoms with Gasteiger partial charge in [0, 0.05) is 0 Å². The average molecular weight is 224 g/mol. The molecule has 5 nitrogen and oxygen atoms in total. The molecule has 88 valence electrons. The Bertz CT molecular complexity index is 366. The lowest BCUT2D eigenvalue weighted by atomic mass is 10.3. The van der Waals surface area contributed by atoms with Gasteiger partial charge in [0.2, 0.25) is 0 Å². The summed E-state index contributed by atoms with van der Waals surface area (Å²) in [5.74, 6) is 1.23. The first kappa shape index (κ1) is 12.2. The molecule has 0 aliphatic rings. The molecule has 0 fully saturated rings. The van der Waals surface area contributed by atoms with Crippen LogP contribution in [0.2, 0.25) is 0 Å². The first-order chi connectivity index (χ1) is 7.69. The van der Waals surface area contributed by atoms with Crippen LogP contribution in [-0.2, 0) is 0 Å².